The Labute approximate surface area is 124 Å². The number of rotatable bonds is 6. The van der Waals surface area contributed by atoms with Crippen LogP contribution >= 0.6 is 0 Å². The average molecular weight is 294 g/mol. The van der Waals surface area contributed by atoms with Gasteiger partial charge in [0.15, 0.2) is 0 Å². The Bertz CT molecular complexity index is 471. The van der Waals surface area contributed by atoms with Crippen molar-refractivity contribution >= 4 is 23.4 Å². The molecule has 0 aliphatic heterocycles. The van der Waals surface area contributed by atoms with Crippen molar-refractivity contribution in [2.24, 2.45) is 5.92 Å². The van der Waals surface area contributed by atoms with Gasteiger partial charge in [0, 0.05) is 11.4 Å². The fourth-order valence-corrected chi connectivity index (χ4v) is 1.90. The lowest BCUT2D eigenvalue weighted by Gasteiger charge is -2.17. The smallest absolute Gasteiger partial charge is 0.411 e. The van der Waals surface area contributed by atoms with E-state index < -0.39 is 18.1 Å². The molecule has 0 aliphatic carbocycles. The highest BCUT2D eigenvalue weighted by Gasteiger charge is 2.21. The molecule has 1 aromatic rings. The van der Waals surface area contributed by atoms with Crippen LogP contribution in [0.5, 0.6) is 0 Å². The SMILES string of the molecule is CCOC(=O)Nc1ccc(NC(=O)[C@@H](CC)[C@H](C)O)cc1. The third-order valence-corrected chi connectivity index (χ3v) is 3.03. The van der Waals surface area contributed by atoms with Crippen LogP contribution < -0.4 is 10.6 Å². The van der Waals surface area contributed by atoms with Gasteiger partial charge >= 0.3 is 6.09 Å². The van der Waals surface area contributed by atoms with Crippen LogP contribution in [0.1, 0.15) is 27.2 Å². The summed E-state index contributed by atoms with van der Waals surface area (Å²) >= 11 is 0. The van der Waals surface area contributed by atoms with Crippen molar-refractivity contribution < 1.29 is 19.4 Å². The molecule has 1 aromatic carbocycles. The average Bonchev–Trinajstić information content (AvgIpc) is 2.41. The molecule has 0 unspecified atom stereocenters. The maximum absolute atomic E-state index is 12.0. The molecule has 0 saturated heterocycles. The maximum atomic E-state index is 12.0. The number of nitrogens with one attached hydrogen (secondary N) is 2. The van der Waals surface area contributed by atoms with Gasteiger partial charge in [-0.25, -0.2) is 4.79 Å². The molecular weight excluding hydrogens is 272 g/mol. The lowest BCUT2D eigenvalue weighted by Crippen LogP contribution is -2.30. The van der Waals surface area contributed by atoms with E-state index in [1.807, 2.05) is 6.92 Å². The highest BCUT2D eigenvalue weighted by Crippen LogP contribution is 2.16. The molecule has 6 nitrogen and oxygen atoms in total. The van der Waals surface area contributed by atoms with Crippen molar-refractivity contribution in [3.05, 3.63) is 24.3 Å². The van der Waals surface area contributed by atoms with E-state index in [2.05, 4.69) is 10.6 Å². The number of hydrogen-bond donors (Lipinski definition) is 3. The lowest BCUT2D eigenvalue weighted by atomic mass is 10.00. The van der Waals surface area contributed by atoms with Crippen LogP contribution in [0.25, 0.3) is 0 Å². The number of aliphatic hydroxyl groups is 1. The van der Waals surface area contributed by atoms with Crippen molar-refractivity contribution in [2.45, 2.75) is 33.3 Å². The van der Waals surface area contributed by atoms with E-state index in [0.29, 0.717) is 24.4 Å². The summed E-state index contributed by atoms with van der Waals surface area (Å²) in [7, 11) is 0. The molecule has 6 heteroatoms. The first-order chi connectivity index (χ1) is 9.97. The fourth-order valence-electron chi connectivity index (χ4n) is 1.90. The van der Waals surface area contributed by atoms with Crippen molar-refractivity contribution in [1.82, 2.24) is 0 Å². The van der Waals surface area contributed by atoms with E-state index >= 15 is 0 Å². The fraction of sp³-hybridized carbons (Fsp3) is 0.467. The summed E-state index contributed by atoms with van der Waals surface area (Å²) in [5.74, 6) is -0.666. The first-order valence-corrected chi connectivity index (χ1v) is 7.00. The third-order valence-electron chi connectivity index (χ3n) is 3.03. The summed E-state index contributed by atoms with van der Waals surface area (Å²) in [6.07, 6.45) is -0.652. The second kappa shape index (κ2) is 8.26. The maximum Gasteiger partial charge on any atom is 0.411 e. The number of amides is 2. The van der Waals surface area contributed by atoms with Crippen LogP contribution in [-0.4, -0.2) is 29.8 Å². The molecule has 1 rings (SSSR count). The molecule has 0 aliphatic rings. The number of carbonyl (C=O) groups excluding carboxylic acids is 2. The first-order valence-electron chi connectivity index (χ1n) is 7.00. The topological polar surface area (TPSA) is 87.7 Å². The van der Waals surface area contributed by atoms with Crippen LogP contribution in [0.2, 0.25) is 0 Å². The Kier molecular flexibility index (Phi) is 6.68. The lowest BCUT2D eigenvalue weighted by molar-refractivity contribution is -0.123. The molecular formula is C15H22N2O4. The Morgan fingerprint density at radius 2 is 1.67 bits per heavy atom. The van der Waals surface area contributed by atoms with E-state index in [4.69, 9.17) is 4.74 Å². The van der Waals surface area contributed by atoms with Gasteiger partial charge < -0.3 is 15.2 Å². The minimum Gasteiger partial charge on any atom is -0.450 e. The largest absolute Gasteiger partial charge is 0.450 e. The summed E-state index contributed by atoms with van der Waals surface area (Å²) in [6.45, 7) is 5.48. The zero-order valence-corrected chi connectivity index (χ0v) is 12.6. The number of benzene rings is 1. The van der Waals surface area contributed by atoms with Gasteiger partial charge in [-0.15, -0.1) is 0 Å². The second-order valence-corrected chi connectivity index (χ2v) is 4.67. The quantitative estimate of drug-likeness (QED) is 0.752. The van der Waals surface area contributed by atoms with Gasteiger partial charge in [-0.05, 0) is 44.5 Å². The number of anilines is 2. The van der Waals surface area contributed by atoms with Crippen LogP contribution in [0.3, 0.4) is 0 Å². The van der Waals surface area contributed by atoms with Gasteiger partial charge in [0.1, 0.15) is 0 Å². The van der Waals surface area contributed by atoms with E-state index in [-0.39, 0.29) is 5.91 Å². The normalized spacial score (nSPS) is 13.1. The molecule has 21 heavy (non-hydrogen) atoms. The molecule has 0 saturated carbocycles. The van der Waals surface area contributed by atoms with Crippen LogP contribution in [0, 0.1) is 5.92 Å². The first kappa shape index (κ1) is 17.0. The standard InChI is InChI=1S/C15H22N2O4/c1-4-13(10(3)18)14(19)16-11-6-8-12(9-7-11)17-15(20)21-5-2/h6-10,13,18H,4-5H2,1-3H3,(H,16,19)(H,17,20)/t10-,13-/m0/s1. The van der Waals surface area contributed by atoms with Gasteiger partial charge in [0.05, 0.1) is 18.6 Å². The summed E-state index contributed by atoms with van der Waals surface area (Å²) in [4.78, 5) is 23.2. The van der Waals surface area contributed by atoms with Crippen molar-refractivity contribution in [3.63, 3.8) is 0 Å². The predicted octanol–water partition coefficient (Wildman–Crippen LogP) is 2.60. The highest BCUT2D eigenvalue weighted by atomic mass is 16.5. The Hall–Kier alpha value is -2.08. The molecule has 2 atom stereocenters. The number of hydrogen-bond acceptors (Lipinski definition) is 4. The van der Waals surface area contributed by atoms with E-state index in [1.54, 1.807) is 38.1 Å². The van der Waals surface area contributed by atoms with Crippen LogP contribution in [0.15, 0.2) is 24.3 Å². The highest BCUT2D eigenvalue weighted by molar-refractivity contribution is 5.93. The van der Waals surface area contributed by atoms with Crippen LogP contribution in [0.4, 0.5) is 16.2 Å². The molecule has 0 radical (unpaired) electrons. The van der Waals surface area contributed by atoms with E-state index in [1.165, 1.54) is 0 Å². The van der Waals surface area contributed by atoms with E-state index in [9.17, 15) is 14.7 Å². The molecule has 3 N–H and O–H groups in total. The summed E-state index contributed by atoms with van der Waals surface area (Å²) < 4.78 is 4.77. The molecule has 0 heterocycles. The molecule has 2 amide bonds. The number of carbonyl (C=O) groups is 2. The summed E-state index contributed by atoms with van der Waals surface area (Å²) in [5, 5.41) is 14.8. The van der Waals surface area contributed by atoms with Crippen molar-refractivity contribution in [1.29, 1.82) is 0 Å². The van der Waals surface area contributed by atoms with Crippen molar-refractivity contribution in [2.75, 3.05) is 17.2 Å². The summed E-state index contributed by atoms with van der Waals surface area (Å²) in [5.41, 5.74) is 1.18. The Morgan fingerprint density at radius 3 is 2.10 bits per heavy atom. The Balaban J connectivity index is 2.62. The van der Waals surface area contributed by atoms with Crippen molar-refractivity contribution in [3.8, 4) is 0 Å². The molecule has 0 fully saturated rings. The molecule has 0 spiro atoms. The van der Waals surface area contributed by atoms with Gasteiger partial charge in [0.25, 0.3) is 0 Å². The molecule has 0 aromatic heterocycles. The predicted molar refractivity (Wildman–Crippen MR) is 81.2 cm³/mol. The molecule has 0 bridgehead atoms. The number of ether oxygens (including phenoxy) is 1. The monoisotopic (exact) mass is 294 g/mol. The minimum atomic E-state index is -0.695. The molecule has 116 valence electrons. The zero-order valence-electron chi connectivity index (χ0n) is 12.6. The van der Waals surface area contributed by atoms with Gasteiger partial charge in [-0.3, -0.25) is 10.1 Å². The van der Waals surface area contributed by atoms with E-state index in [0.717, 1.165) is 0 Å². The third kappa shape index (κ3) is 5.43. The number of aliphatic hydroxyl groups excluding tert-OH is 1. The van der Waals surface area contributed by atoms with Gasteiger partial charge in [-0.2, -0.15) is 0 Å². The zero-order chi connectivity index (χ0) is 15.8. The summed E-state index contributed by atoms with van der Waals surface area (Å²) in [6, 6.07) is 6.67. The Morgan fingerprint density at radius 1 is 1.14 bits per heavy atom. The van der Waals surface area contributed by atoms with Gasteiger partial charge in [-0.1, -0.05) is 6.92 Å². The van der Waals surface area contributed by atoms with Gasteiger partial charge in [0.2, 0.25) is 5.91 Å². The van der Waals surface area contributed by atoms with Crippen LogP contribution in [-0.2, 0) is 9.53 Å². The minimum absolute atomic E-state index is 0.224. The second-order valence-electron chi connectivity index (χ2n) is 4.67.